The van der Waals surface area contributed by atoms with Gasteiger partial charge in [-0.15, -0.1) is 11.3 Å². The first-order valence-electron chi connectivity index (χ1n) is 7.59. The highest BCUT2D eigenvalue weighted by Crippen LogP contribution is 2.17. The second kappa shape index (κ2) is 7.60. The number of hydrogen-bond donors (Lipinski definition) is 1. The molecule has 1 amide bonds. The first-order valence-corrected chi connectivity index (χ1v) is 8.47. The molecule has 2 aromatic carbocycles. The zero-order valence-electron chi connectivity index (χ0n) is 13.5. The van der Waals surface area contributed by atoms with Crippen molar-refractivity contribution in [2.45, 2.75) is 13.5 Å². The number of thiazole rings is 1. The van der Waals surface area contributed by atoms with E-state index in [0.29, 0.717) is 29.2 Å². The summed E-state index contributed by atoms with van der Waals surface area (Å²) < 4.78 is 5.67. The minimum Gasteiger partial charge on any atom is -0.486 e. The van der Waals surface area contributed by atoms with Crippen LogP contribution in [0.25, 0.3) is 0 Å². The predicted octanol–water partition coefficient (Wildman–Crippen LogP) is 4.15. The molecule has 3 aromatic rings. The number of nitrogens with one attached hydrogen (secondary N) is 1. The van der Waals surface area contributed by atoms with Crippen LogP contribution in [0.5, 0.6) is 5.75 Å². The first-order chi connectivity index (χ1) is 12.1. The van der Waals surface area contributed by atoms with Gasteiger partial charge in [-0.05, 0) is 55.5 Å². The highest BCUT2D eigenvalue weighted by molar-refractivity contribution is 7.09. The summed E-state index contributed by atoms with van der Waals surface area (Å²) >= 11 is 1.56. The molecule has 0 spiro atoms. The maximum atomic E-state index is 12.2. The van der Waals surface area contributed by atoms with Crippen molar-refractivity contribution in [2.75, 3.05) is 5.32 Å². The number of hydrogen-bond acceptors (Lipinski definition) is 5. The Morgan fingerprint density at radius 3 is 2.52 bits per heavy atom. The van der Waals surface area contributed by atoms with E-state index in [1.54, 1.807) is 59.9 Å². The summed E-state index contributed by atoms with van der Waals surface area (Å²) in [7, 11) is 0. The largest absolute Gasteiger partial charge is 0.486 e. The van der Waals surface area contributed by atoms with Gasteiger partial charge in [-0.1, -0.05) is 0 Å². The number of nitrogens with zero attached hydrogens (tertiary/aromatic N) is 2. The number of aryl methyl sites for hydroxylation is 1. The number of aromatic nitrogens is 1. The molecule has 0 radical (unpaired) electrons. The summed E-state index contributed by atoms with van der Waals surface area (Å²) in [6, 6.07) is 15.7. The predicted molar refractivity (Wildman–Crippen MR) is 96.7 cm³/mol. The fourth-order valence-corrected chi connectivity index (χ4v) is 2.83. The van der Waals surface area contributed by atoms with Crippen LogP contribution in [0.4, 0.5) is 5.69 Å². The van der Waals surface area contributed by atoms with E-state index in [1.165, 1.54) is 0 Å². The van der Waals surface area contributed by atoms with Crippen LogP contribution in [0.15, 0.2) is 53.9 Å². The third-order valence-electron chi connectivity index (χ3n) is 3.42. The molecular weight excluding hydrogens is 334 g/mol. The third-order valence-corrected chi connectivity index (χ3v) is 4.36. The Morgan fingerprint density at radius 2 is 1.92 bits per heavy atom. The molecule has 6 heteroatoms. The summed E-state index contributed by atoms with van der Waals surface area (Å²) in [5.41, 5.74) is 2.71. The number of benzene rings is 2. The number of anilines is 1. The second-order valence-corrected chi connectivity index (χ2v) is 6.28. The maximum Gasteiger partial charge on any atom is 0.255 e. The summed E-state index contributed by atoms with van der Waals surface area (Å²) in [6.45, 7) is 2.36. The summed E-state index contributed by atoms with van der Waals surface area (Å²) in [5.74, 6) is 0.467. The number of amides is 1. The van der Waals surface area contributed by atoms with E-state index in [0.717, 1.165) is 10.7 Å². The molecule has 0 aliphatic rings. The van der Waals surface area contributed by atoms with Crippen molar-refractivity contribution in [3.8, 4) is 11.8 Å². The van der Waals surface area contributed by atoms with E-state index in [9.17, 15) is 4.79 Å². The standard InChI is InChI=1S/C19H15N3O2S/c1-13-12-25-18(21-13)11-24-17-8-4-15(5-9-17)19(23)22-16-6-2-14(10-20)3-7-16/h2-9,12H,11H2,1H3,(H,22,23). The highest BCUT2D eigenvalue weighted by Gasteiger charge is 2.07. The molecule has 1 heterocycles. The lowest BCUT2D eigenvalue weighted by Crippen LogP contribution is -2.11. The van der Waals surface area contributed by atoms with Gasteiger partial charge in [-0.2, -0.15) is 5.26 Å². The summed E-state index contributed by atoms with van der Waals surface area (Å²) in [5, 5.41) is 14.5. The molecule has 0 aliphatic heterocycles. The van der Waals surface area contributed by atoms with Gasteiger partial charge in [0.05, 0.1) is 11.6 Å². The lowest BCUT2D eigenvalue weighted by atomic mass is 10.2. The number of carbonyl (C=O) groups is 1. The Morgan fingerprint density at radius 1 is 1.20 bits per heavy atom. The van der Waals surface area contributed by atoms with Crippen LogP contribution in [-0.4, -0.2) is 10.9 Å². The van der Waals surface area contributed by atoms with Crippen molar-refractivity contribution in [2.24, 2.45) is 0 Å². The van der Waals surface area contributed by atoms with E-state index in [4.69, 9.17) is 10.00 Å². The second-order valence-electron chi connectivity index (χ2n) is 5.34. The van der Waals surface area contributed by atoms with Gasteiger partial charge >= 0.3 is 0 Å². The van der Waals surface area contributed by atoms with Crippen molar-refractivity contribution in [1.82, 2.24) is 4.98 Å². The van der Waals surface area contributed by atoms with Gasteiger partial charge in [0.1, 0.15) is 17.4 Å². The van der Waals surface area contributed by atoms with E-state index < -0.39 is 0 Å². The van der Waals surface area contributed by atoms with Crippen LogP contribution < -0.4 is 10.1 Å². The molecule has 0 atom stereocenters. The van der Waals surface area contributed by atoms with E-state index >= 15 is 0 Å². The molecule has 1 aromatic heterocycles. The molecule has 3 rings (SSSR count). The van der Waals surface area contributed by atoms with Crippen molar-refractivity contribution >= 4 is 22.9 Å². The minimum atomic E-state index is -0.216. The molecule has 5 nitrogen and oxygen atoms in total. The van der Waals surface area contributed by atoms with Gasteiger partial charge in [-0.3, -0.25) is 4.79 Å². The number of nitriles is 1. The molecular formula is C19H15N3O2S. The number of carbonyl (C=O) groups excluding carboxylic acids is 1. The van der Waals surface area contributed by atoms with Gasteiger partial charge in [-0.25, -0.2) is 4.98 Å². The van der Waals surface area contributed by atoms with Crippen LogP contribution in [-0.2, 0) is 6.61 Å². The van der Waals surface area contributed by atoms with E-state index in [1.807, 2.05) is 18.4 Å². The zero-order chi connectivity index (χ0) is 17.6. The Balaban J connectivity index is 1.59. The zero-order valence-corrected chi connectivity index (χ0v) is 14.3. The Kier molecular flexibility index (Phi) is 5.07. The smallest absolute Gasteiger partial charge is 0.255 e. The van der Waals surface area contributed by atoms with Gasteiger partial charge < -0.3 is 10.1 Å². The molecule has 25 heavy (non-hydrogen) atoms. The normalized spacial score (nSPS) is 10.1. The number of ether oxygens (including phenoxy) is 1. The van der Waals surface area contributed by atoms with Crippen LogP contribution >= 0.6 is 11.3 Å². The molecule has 0 bridgehead atoms. The molecule has 0 fully saturated rings. The average Bonchev–Trinajstić information content (AvgIpc) is 3.06. The molecule has 0 saturated carbocycles. The van der Waals surface area contributed by atoms with Gasteiger partial charge in [0.2, 0.25) is 0 Å². The van der Waals surface area contributed by atoms with Gasteiger partial charge in [0.25, 0.3) is 5.91 Å². The third kappa shape index (κ3) is 4.43. The Labute approximate surface area is 149 Å². The lowest BCUT2D eigenvalue weighted by molar-refractivity contribution is 0.102. The van der Waals surface area contributed by atoms with Crippen molar-refractivity contribution in [3.63, 3.8) is 0 Å². The van der Waals surface area contributed by atoms with Crippen molar-refractivity contribution < 1.29 is 9.53 Å². The highest BCUT2D eigenvalue weighted by atomic mass is 32.1. The topological polar surface area (TPSA) is 75.0 Å². The maximum absolute atomic E-state index is 12.2. The minimum absolute atomic E-state index is 0.216. The van der Waals surface area contributed by atoms with E-state index in [2.05, 4.69) is 10.3 Å². The SMILES string of the molecule is Cc1csc(COc2ccc(C(=O)Nc3ccc(C#N)cc3)cc2)n1. The van der Waals surface area contributed by atoms with E-state index in [-0.39, 0.29) is 5.91 Å². The summed E-state index contributed by atoms with van der Waals surface area (Å²) in [4.78, 5) is 16.6. The molecule has 1 N–H and O–H groups in total. The molecule has 0 unspecified atom stereocenters. The summed E-state index contributed by atoms with van der Waals surface area (Å²) in [6.07, 6.45) is 0. The van der Waals surface area contributed by atoms with Gasteiger partial charge in [0.15, 0.2) is 0 Å². The average molecular weight is 349 g/mol. The van der Waals surface area contributed by atoms with Crippen LogP contribution in [0.2, 0.25) is 0 Å². The molecule has 124 valence electrons. The quantitative estimate of drug-likeness (QED) is 0.751. The lowest BCUT2D eigenvalue weighted by Gasteiger charge is -2.07. The van der Waals surface area contributed by atoms with Gasteiger partial charge in [0, 0.05) is 22.3 Å². The van der Waals surface area contributed by atoms with Crippen molar-refractivity contribution in [3.05, 3.63) is 75.7 Å². The Bertz CT molecular complexity index is 909. The first kappa shape index (κ1) is 16.7. The van der Waals surface area contributed by atoms with Crippen molar-refractivity contribution in [1.29, 1.82) is 5.26 Å². The molecule has 0 saturated heterocycles. The van der Waals surface area contributed by atoms with Crippen LogP contribution in [0.3, 0.4) is 0 Å². The fourth-order valence-electron chi connectivity index (χ4n) is 2.15. The molecule has 0 aliphatic carbocycles. The number of rotatable bonds is 5. The van der Waals surface area contributed by atoms with Crippen LogP contribution in [0, 0.1) is 18.3 Å². The Hall–Kier alpha value is -3.17. The van der Waals surface area contributed by atoms with Crippen LogP contribution in [0.1, 0.15) is 26.6 Å². The monoisotopic (exact) mass is 349 g/mol. The fraction of sp³-hybridized carbons (Fsp3) is 0.105.